The average molecular weight is 310 g/mol. The highest BCUT2D eigenvalue weighted by atomic mass is 16.4. The molecule has 0 amide bonds. The SMILES string of the molecule is CC[C@@]1(CC(=O)O)CC[C@H](CC#N)c2c1[nH]c1c(C)cccc21. The molecule has 0 radical (unpaired) electrons. The number of carbonyl (C=O) groups is 1. The number of carboxylic acids is 1. The first-order valence-corrected chi connectivity index (χ1v) is 8.23. The Kier molecular flexibility index (Phi) is 3.89. The number of aliphatic carboxylic acids is 1. The van der Waals surface area contributed by atoms with E-state index in [0.717, 1.165) is 41.4 Å². The van der Waals surface area contributed by atoms with Crippen molar-refractivity contribution in [3.05, 3.63) is 35.0 Å². The smallest absolute Gasteiger partial charge is 0.304 e. The highest BCUT2D eigenvalue weighted by molar-refractivity contribution is 5.89. The standard InChI is InChI=1S/C19H22N2O2/c1-3-19(11-15(22)23)9-7-13(8-10-20)16-14-6-4-5-12(2)17(14)21-18(16)19/h4-6,13,21H,3,7-9,11H2,1-2H3,(H,22,23)/t13-,19+/m1/s1. The number of aromatic nitrogens is 1. The summed E-state index contributed by atoms with van der Waals surface area (Å²) in [6, 6.07) is 8.50. The number of rotatable bonds is 4. The fourth-order valence-electron chi connectivity index (χ4n) is 4.21. The van der Waals surface area contributed by atoms with Gasteiger partial charge in [-0.2, -0.15) is 5.26 Å². The summed E-state index contributed by atoms with van der Waals surface area (Å²) in [6.07, 6.45) is 3.11. The summed E-state index contributed by atoms with van der Waals surface area (Å²) in [7, 11) is 0. The third-order valence-corrected chi connectivity index (χ3v) is 5.50. The normalized spacial score (nSPS) is 23.4. The van der Waals surface area contributed by atoms with Crippen LogP contribution in [0.25, 0.3) is 10.9 Å². The number of H-pyrrole nitrogens is 1. The Hall–Kier alpha value is -2.28. The highest BCUT2D eigenvalue weighted by Gasteiger charge is 2.42. The fourth-order valence-corrected chi connectivity index (χ4v) is 4.21. The molecule has 0 aliphatic heterocycles. The lowest BCUT2D eigenvalue weighted by Gasteiger charge is -2.38. The Morgan fingerprint density at radius 3 is 2.96 bits per heavy atom. The molecule has 1 aromatic carbocycles. The maximum Gasteiger partial charge on any atom is 0.304 e. The molecule has 0 saturated carbocycles. The third-order valence-electron chi connectivity index (χ3n) is 5.50. The number of benzene rings is 1. The summed E-state index contributed by atoms with van der Waals surface area (Å²) in [5, 5.41) is 19.8. The van der Waals surface area contributed by atoms with Gasteiger partial charge in [0.05, 0.1) is 12.5 Å². The van der Waals surface area contributed by atoms with Gasteiger partial charge in [-0.05, 0) is 43.2 Å². The maximum atomic E-state index is 11.5. The van der Waals surface area contributed by atoms with E-state index < -0.39 is 5.97 Å². The van der Waals surface area contributed by atoms with Gasteiger partial charge in [-0.15, -0.1) is 0 Å². The van der Waals surface area contributed by atoms with Gasteiger partial charge in [0.1, 0.15) is 0 Å². The van der Waals surface area contributed by atoms with Crippen LogP contribution in [0.4, 0.5) is 0 Å². The van der Waals surface area contributed by atoms with Crippen LogP contribution in [-0.2, 0) is 10.2 Å². The first kappa shape index (κ1) is 15.6. The van der Waals surface area contributed by atoms with Crippen molar-refractivity contribution in [2.45, 2.75) is 57.3 Å². The van der Waals surface area contributed by atoms with Gasteiger partial charge < -0.3 is 10.1 Å². The lowest BCUT2D eigenvalue weighted by Crippen LogP contribution is -2.34. The van der Waals surface area contributed by atoms with Crippen molar-refractivity contribution in [3.8, 4) is 6.07 Å². The van der Waals surface area contributed by atoms with Gasteiger partial charge in [0.15, 0.2) is 0 Å². The van der Waals surface area contributed by atoms with E-state index in [9.17, 15) is 15.2 Å². The van der Waals surface area contributed by atoms with Crippen LogP contribution >= 0.6 is 0 Å². The van der Waals surface area contributed by atoms with E-state index >= 15 is 0 Å². The van der Waals surface area contributed by atoms with Crippen molar-refractivity contribution < 1.29 is 9.90 Å². The van der Waals surface area contributed by atoms with Crippen molar-refractivity contribution >= 4 is 16.9 Å². The zero-order chi connectivity index (χ0) is 16.6. The molecule has 2 aromatic rings. The predicted octanol–water partition coefficient (Wildman–Crippen LogP) is 4.39. The molecular formula is C19H22N2O2. The minimum Gasteiger partial charge on any atom is -0.481 e. The fraction of sp³-hybridized carbons (Fsp3) is 0.474. The molecule has 120 valence electrons. The number of nitrogens with zero attached hydrogens (tertiary/aromatic N) is 1. The molecule has 1 aliphatic carbocycles. The molecule has 1 heterocycles. The second-order valence-electron chi connectivity index (χ2n) is 6.71. The topological polar surface area (TPSA) is 76.9 Å². The quantitative estimate of drug-likeness (QED) is 0.879. The highest BCUT2D eigenvalue weighted by Crippen LogP contribution is 2.50. The van der Waals surface area contributed by atoms with Crippen LogP contribution in [0.5, 0.6) is 0 Å². The Labute approximate surface area is 136 Å². The zero-order valence-corrected chi connectivity index (χ0v) is 13.6. The summed E-state index contributed by atoms with van der Waals surface area (Å²) < 4.78 is 0. The van der Waals surface area contributed by atoms with Crippen molar-refractivity contribution in [1.82, 2.24) is 4.98 Å². The Balaban J connectivity index is 2.28. The van der Waals surface area contributed by atoms with Gasteiger partial charge in [-0.25, -0.2) is 0 Å². The van der Waals surface area contributed by atoms with Crippen LogP contribution in [0.2, 0.25) is 0 Å². The van der Waals surface area contributed by atoms with Crippen LogP contribution in [0.15, 0.2) is 18.2 Å². The Morgan fingerprint density at radius 1 is 1.52 bits per heavy atom. The number of nitrogens with one attached hydrogen (secondary N) is 1. The molecule has 0 unspecified atom stereocenters. The number of fused-ring (bicyclic) bond motifs is 3. The minimum atomic E-state index is -0.757. The van der Waals surface area contributed by atoms with E-state index in [2.05, 4.69) is 37.0 Å². The Bertz CT molecular complexity index is 800. The molecule has 4 nitrogen and oxygen atoms in total. The van der Waals surface area contributed by atoms with Crippen molar-refractivity contribution in [3.63, 3.8) is 0 Å². The lowest BCUT2D eigenvalue weighted by molar-refractivity contribution is -0.138. The molecule has 0 bridgehead atoms. The van der Waals surface area contributed by atoms with Crippen LogP contribution in [0.3, 0.4) is 0 Å². The van der Waals surface area contributed by atoms with Crippen LogP contribution in [-0.4, -0.2) is 16.1 Å². The number of aromatic amines is 1. The van der Waals surface area contributed by atoms with E-state index in [1.54, 1.807) is 0 Å². The molecule has 2 atom stereocenters. The summed E-state index contributed by atoms with van der Waals surface area (Å²) in [6.45, 7) is 4.13. The van der Waals surface area contributed by atoms with Gasteiger partial charge in [0.25, 0.3) is 0 Å². The number of nitriles is 1. The van der Waals surface area contributed by atoms with E-state index in [4.69, 9.17) is 0 Å². The van der Waals surface area contributed by atoms with Gasteiger partial charge >= 0.3 is 5.97 Å². The van der Waals surface area contributed by atoms with E-state index in [-0.39, 0.29) is 17.8 Å². The summed E-state index contributed by atoms with van der Waals surface area (Å²) in [5.41, 5.74) is 4.13. The van der Waals surface area contributed by atoms with Gasteiger partial charge in [-0.1, -0.05) is 25.1 Å². The molecular weight excluding hydrogens is 288 g/mol. The second-order valence-corrected chi connectivity index (χ2v) is 6.71. The molecule has 0 saturated heterocycles. The number of hydrogen-bond acceptors (Lipinski definition) is 2. The maximum absolute atomic E-state index is 11.5. The van der Waals surface area contributed by atoms with Crippen molar-refractivity contribution in [2.24, 2.45) is 0 Å². The van der Waals surface area contributed by atoms with Crippen LogP contribution in [0.1, 0.15) is 61.8 Å². The van der Waals surface area contributed by atoms with E-state index in [1.807, 2.05) is 6.07 Å². The number of hydrogen-bond donors (Lipinski definition) is 2. The minimum absolute atomic E-state index is 0.141. The molecule has 3 rings (SSSR count). The molecule has 0 spiro atoms. The van der Waals surface area contributed by atoms with Crippen molar-refractivity contribution in [1.29, 1.82) is 5.26 Å². The summed E-state index contributed by atoms with van der Waals surface area (Å²) >= 11 is 0. The summed E-state index contributed by atoms with van der Waals surface area (Å²) in [5.74, 6) is -0.564. The second kappa shape index (κ2) is 5.73. The van der Waals surface area contributed by atoms with Gasteiger partial charge in [0.2, 0.25) is 0 Å². The lowest BCUT2D eigenvalue weighted by atomic mass is 9.65. The molecule has 23 heavy (non-hydrogen) atoms. The zero-order valence-electron chi connectivity index (χ0n) is 13.6. The first-order chi connectivity index (χ1) is 11.0. The molecule has 1 aromatic heterocycles. The van der Waals surface area contributed by atoms with E-state index in [1.165, 1.54) is 5.56 Å². The number of para-hydroxylation sites is 1. The van der Waals surface area contributed by atoms with Gasteiger partial charge in [0, 0.05) is 28.4 Å². The Morgan fingerprint density at radius 2 is 2.30 bits per heavy atom. The molecule has 0 fully saturated rings. The average Bonchev–Trinajstić information content (AvgIpc) is 2.92. The van der Waals surface area contributed by atoms with Crippen LogP contribution in [0, 0.1) is 18.3 Å². The number of carboxylic acid groups (broad SMARTS) is 1. The molecule has 1 aliphatic rings. The summed E-state index contributed by atoms with van der Waals surface area (Å²) in [4.78, 5) is 15.0. The first-order valence-electron chi connectivity index (χ1n) is 8.23. The van der Waals surface area contributed by atoms with Crippen LogP contribution < -0.4 is 0 Å². The molecule has 2 N–H and O–H groups in total. The van der Waals surface area contributed by atoms with Crippen molar-refractivity contribution in [2.75, 3.05) is 0 Å². The third kappa shape index (κ3) is 2.41. The predicted molar refractivity (Wildman–Crippen MR) is 89.5 cm³/mol. The van der Waals surface area contributed by atoms with E-state index in [0.29, 0.717) is 6.42 Å². The number of aryl methyl sites for hydroxylation is 1. The largest absolute Gasteiger partial charge is 0.481 e. The monoisotopic (exact) mass is 310 g/mol. The molecule has 4 heteroatoms. The van der Waals surface area contributed by atoms with Gasteiger partial charge in [-0.3, -0.25) is 4.79 Å².